The first kappa shape index (κ1) is 15.5. The van der Waals surface area contributed by atoms with E-state index in [1.165, 1.54) is 0 Å². The number of esters is 1. The van der Waals surface area contributed by atoms with E-state index in [0.717, 1.165) is 0 Å². The van der Waals surface area contributed by atoms with Crippen molar-refractivity contribution in [2.24, 2.45) is 0 Å². The van der Waals surface area contributed by atoms with Crippen molar-refractivity contribution in [1.82, 2.24) is 5.06 Å². The number of carbonyl (C=O) groups is 4. The summed E-state index contributed by atoms with van der Waals surface area (Å²) in [5, 5.41) is 0.373. The minimum Gasteiger partial charge on any atom is -0.458 e. The second-order valence-corrected chi connectivity index (χ2v) is 4.27. The van der Waals surface area contributed by atoms with Crippen molar-refractivity contribution in [2.45, 2.75) is 12.8 Å². The van der Waals surface area contributed by atoms with Crippen molar-refractivity contribution in [1.29, 1.82) is 0 Å². The number of ether oxygens (including phenoxy) is 2. The summed E-state index contributed by atoms with van der Waals surface area (Å²) in [5.41, 5.74) is 0.373. The fourth-order valence-corrected chi connectivity index (χ4v) is 1.68. The van der Waals surface area contributed by atoms with E-state index in [2.05, 4.69) is 9.57 Å². The van der Waals surface area contributed by atoms with Gasteiger partial charge >= 0.3 is 12.1 Å². The molecule has 0 unspecified atom stereocenters. The Morgan fingerprint density at radius 2 is 1.55 bits per heavy atom. The van der Waals surface area contributed by atoms with Crippen molar-refractivity contribution < 1.29 is 33.5 Å². The molecule has 0 aromatic heterocycles. The van der Waals surface area contributed by atoms with E-state index in [-0.39, 0.29) is 26.1 Å². The molecule has 22 heavy (non-hydrogen) atoms. The van der Waals surface area contributed by atoms with Crippen molar-refractivity contribution in [3.63, 3.8) is 0 Å². The molecule has 0 bridgehead atoms. The lowest BCUT2D eigenvalue weighted by molar-refractivity contribution is -0.177. The van der Waals surface area contributed by atoms with E-state index in [9.17, 15) is 19.2 Å². The fraction of sp³-hybridized carbons (Fsp3) is 0.286. The lowest BCUT2D eigenvalue weighted by Crippen LogP contribution is -2.32. The lowest BCUT2D eigenvalue weighted by Gasteiger charge is -2.12. The normalized spacial score (nSPS) is 13.9. The highest BCUT2D eigenvalue weighted by atomic mass is 16.8. The van der Waals surface area contributed by atoms with Gasteiger partial charge in [0.1, 0.15) is 13.2 Å². The molecule has 8 nitrogen and oxygen atoms in total. The molecule has 1 aromatic rings. The molecule has 1 saturated heterocycles. The summed E-state index contributed by atoms with van der Waals surface area (Å²) in [4.78, 5) is 49.7. The summed E-state index contributed by atoms with van der Waals surface area (Å²) in [5.74, 6) is -1.75. The zero-order chi connectivity index (χ0) is 15.9. The van der Waals surface area contributed by atoms with Crippen LogP contribution in [0.15, 0.2) is 30.3 Å². The minimum absolute atomic E-state index is 0.000796. The summed E-state index contributed by atoms with van der Waals surface area (Å²) >= 11 is 0. The van der Waals surface area contributed by atoms with Crippen LogP contribution in [0, 0.1) is 0 Å². The molecule has 0 spiro atoms. The van der Waals surface area contributed by atoms with E-state index in [0.29, 0.717) is 10.6 Å². The Balaban J connectivity index is 1.66. The van der Waals surface area contributed by atoms with Gasteiger partial charge in [0.25, 0.3) is 11.8 Å². The van der Waals surface area contributed by atoms with Crippen LogP contribution < -0.4 is 0 Å². The number of amides is 2. The molecule has 0 saturated carbocycles. The first-order valence-corrected chi connectivity index (χ1v) is 6.50. The molecule has 1 fully saturated rings. The third kappa shape index (κ3) is 4.05. The van der Waals surface area contributed by atoms with Gasteiger partial charge in [0.15, 0.2) is 0 Å². The summed E-state index contributed by atoms with van der Waals surface area (Å²) in [6, 6.07) is 8.31. The van der Waals surface area contributed by atoms with Crippen LogP contribution in [-0.2, 0) is 23.9 Å². The van der Waals surface area contributed by atoms with Crippen LogP contribution >= 0.6 is 0 Å². The molecule has 1 aliphatic heterocycles. The number of hydrogen-bond donors (Lipinski definition) is 0. The molecular formula is C14H13NO7. The highest BCUT2D eigenvalue weighted by Crippen LogP contribution is 2.12. The van der Waals surface area contributed by atoms with Crippen LogP contribution in [0.1, 0.15) is 23.2 Å². The largest absolute Gasteiger partial charge is 0.534 e. The van der Waals surface area contributed by atoms with Gasteiger partial charge in [-0.05, 0) is 12.1 Å². The Hall–Kier alpha value is -2.90. The summed E-state index contributed by atoms with van der Waals surface area (Å²) in [6.45, 7) is -0.432. The predicted octanol–water partition coefficient (Wildman–Crippen LogP) is 1.06. The SMILES string of the molecule is O=C(OCCOC(=O)c1ccccc1)ON1C(=O)CCC1=O. The molecular weight excluding hydrogens is 294 g/mol. The Morgan fingerprint density at radius 1 is 0.955 bits per heavy atom. The zero-order valence-electron chi connectivity index (χ0n) is 11.5. The van der Waals surface area contributed by atoms with E-state index < -0.39 is 23.9 Å². The maximum atomic E-state index is 11.6. The van der Waals surface area contributed by atoms with Crippen molar-refractivity contribution in [3.8, 4) is 0 Å². The molecule has 0 atom stereocenters. The number of rotatable bonds is 5. The van der Waals surface area contributed by atoms with Gasteiger partial charge < -0.3 is 9.47 Å². The first-order valence-electron chi connectivity index (χ1n) is 6.50. The Morgan fingerprint density at radius 3 is 2.18 bits per heavy atom. The molecule has 1 aliphatic rings. The lowest BCUT2D eigenvalue weighted by atomic mass is 10.2. The topological polar surface area (TPSA) is 99.2 Å². The van der Waals surface area contributed by atoms with E-state index >= 15 is 0 Å². The minimum atomic E-state index is -1.21. The number of hydroxylamine groups is 2. The number of carbonyl (C=O) groups excluding carboxylic acids is 4. The van der Waals surface area contributed by atoms with Crippen molar-refractivity contribution >= 4 is 23.9 Å². The number of hydrogen-bond acceptors (Lipinski definition) is 7. The Bertz CT molecular complexity index is 568. The highest BCUT2D eigenvalue weighted by Gasteiger charge is 2.33. The predicted molar refractivity (Wildman–Crippen MR) is 70.2 cm³/mol. The van der Waals surface area contributed by atoms with Gasteiger partial charge in [0.2, 0.25) is 0 Å². The Kier molecular flexibility index (Phi) is 5.07. The molecule has 1 heterocycles. The molecule has 0 aliphatic carbocycles. The summed E-state index contributed by atoms with van der Waals surface area (Å²) < 4.78 is 9.47. The van der Waals surface area contributed by atoms with Crippen LogP contribution in [0.3, 0.4) is 0 Å². The summed E-state index contributed by atoms with van der Waals surface area (Å²) in [6.07, 6.45) is -1.21. The standard InChI is InChI=1S/C14H13NO7/c16-11-6-7-12(17)15(11)22-14(19)21-9-8-20-13(18)10-4-2-1-3-5-10/h1-5H,6-9H2. The van der Waals surface area contributed by atoms with Crippen LogP contribution in [-0.4, -0.2) is 42.2 Å². The van der Waals surface area contributed by atoms with Gasteiger partial charge in [-0.2, -0.15) is 0 Å². The molecule has 1 aromatic carbocycles. The van der Waals surface area contributed by atoms with Gasteiger partial charge in [0.05, 0.1) is 5.56 Å². The maximum Gasteiger partial charge on any atom is 0.534 e. The van der Waals surface area contributed by atoms with Gasteiger partial charge in [-0.15, -0.1) is 0 Å². The monoisotopic (exact) mass is 307 g/mol. The smallest absolute Gasteiger partial charge is 0.458 e. The second kappa shape index (κ2) is 7.21. The van der Waals surface area contributed by atoms with Gasteiger partial charge in [-0.3, -0.25) is 14.4 Å². The van der Waals surface area contributed by atoms with E-state index in [1.54, 1.807) is 30.3 Å². The zero-order valence-corrected chi connectivity index (χ0v) is 11.5. The van der Waals surface area contributed by atoms with E-state index in [1.807, 2.05) is 0 Å². The molecule has 116 valence electrons. The van der Waals surface area contributed by atoms with Gasteiger partial charge in [-0.25, -0.2) is 9.59 Å². The number of benzene rings is 1. The molecule has 2 amide bonds. The third-order valence-electron chi connectivity index (χ3n) is 2.72. The summed E-state index contributed by atoms with van der Waals surface area (Å²) in [7, 11) is 0. The van der Waals surface area contributed by atoms with E-state index in [4.69, 9.17) is 4.74 Å². The highest BCUT2D eigenvalue weighted by molar-refractivity contribution is 6.01. The van der Waals surface area contributed by atoms with Crippen LogP contribution in [0.2, 0.25) is 0 Å². The van der Waals surface area contributed by atoms with Crippen LogP contribution in [0.4, 0.5) is 4.79 Å². The Labute approximate surface area is 125 Å². The second-order valence-electron chi connectivity index (χ2n) is 4.27. The fourth-order valence-electron chi connectivity index (χ4n) is 1.68. The molecule has 2 rings (SSSR count). The maximum absolute atomic E-state index is 11.6. The van der Waals surface area contributed by atoms with Crippen LogP contribution in [0.5, 0.6) is 0 Å². The quantitative estimate of drug-likeness (QED) is 0.455. The number of nitrogens with zero attached hydrogens (tertiary/aromatic N) is 1. The molecule has 8 heteroatoms. The van der Waals surface area contributed by atoms with Crippen molar-refractivity contribution in [3.05, 3.63) is 35.9 Å². The number of imide groups is 1. The van der Waals surface area contributed by atoms with Crippen LogP contribution in [0.25, 0.3) is 0 Å². The van der Waals surface area contributed by atoms with Gasteiger partial charge in [0, 0.05) is 12.8 Å². The average Bonchev–Trinajstić information content (AvgIpc) is 2.84. The molecule has 0 N–H and O–H groups in total. The molecule has 0 radical (unpaired) electrons. The average molecular weight is 307 g/mol. The van der Waals surface area contributed by atoms with Gasteiger partial charge in [-0.1, -0.05) is 23.3 Å². The van der Waals surface area contributed by atoms with Crippen molar-refractivity contribution in [2.75, 3.05) is 13.2 Å². The third-order valence-corrected chi connectivity index (χ3v) is 2.72. The first-order chi connectivity index (χ1) is 10.6.